The third-order valence-electron chi connectivity index (χ3n) is 0.641. The average molecular weight is 112 g/mol. The lowest BCUT2D eigenvalue weighted by Crippen LogP contribution is -1.70. The molecule has 1 rings (SSSR count). The summed E-state index contributed by atoms with van der Waals surface area (Å²) in [5.74, 6) is 0. The summed E-state index contributed by atoms with van der Waals surface area (Å²) in [5.41, 5.74) is 8.10. The first-order valence-corrected chi connectivity index (χ1v) is 3.16. The second kappa shape index (κ2) is 1.87. The second-order valence-electron chi connectivity index (χ2n) is 1.09. The molecule has 0 N–H and O–H groups in total. The van der Waals surface area contributed by atoms with E-state index in [9.17, 15) is 0 Å². The zero-order valence-electron chi connectivity index (χ0n) is 3.61. The Morgan fingerprint density at radius 1 is 1.29 bits per heavy atom. The van der Waals surface area contributed by atoms with Crippen LogP contribution in [0.3, 0.4) is 0 Å². The zero-order valence-corrected chi connectivity index (χ0v) is 4.43. The Balaban J connectivity index is 3.00. The second-order valence-corrected chi connectivity index (χ2v) is 2.49. The van der Waals surface area contributed by atoms with Crippen LogP contribution < -0.4 is 4.16 Å². The Bertz CT molecular complexity index is 160. The van der Waals surface area contributed by atoms with Crippen LogP contribution in [0.2, 0.25) is 0 Å². The largest absolute Gasteiger partial charge is 0.350 e. The van der Waals surface area contributed by atoms with E-state index in [2.05, 4.69) is 4.16 Å². The fourth-order valence-electron chi connectivity index (χ4n) is 0.352. The standard InChI is InChI=1S/C4H4N2S/c5-6-7-3-1-2-4-7/h1-4H. The minimum absolute atomic E-state index is 0.315. The van der Waals surface area contributed by atoms with E-state index in [1.54, 1.807) is 0 Å². The van der Waals surface area contributed by atoms with Crippen molar-refractivity contribution in [2.75, 3.05) is 0 Å². The van der Waals surface area contributed by atoms with E-state index in [1.165, 1.54) is 0 Å². The van der Waals surface area contributed by atoms with E-state index in [1.807, 2.05) is 23.0 Å². The monoisotopic (exact) mass is 112 g/mol. The van der Waals surface area contributed by atoms with Gasteiger partial charge in [-0.05, 0) is 12.2 Å². The summed E-state index contributed by atoms with van der Waals surface area (Å²) >= 11 is 0. The lowest BCUT2D eigenvalue weighted by atomic mass is 10.6. The van der Waals surface area contributed by atoms with Crippen LogP contribution in [-0.4, -0.2) is 0 Å². The highest BCUT2D eigenvalue weighted by atomic mass is 32.2. The van der Waals surface area contributed by atoms with Crippen molar-refractivity contribution >= 4 is 10.7 Å². The first-order valence-electron chi connectivity index (χ1n) is 1.85. The van der Waals surface area contributed by atoms with Crippen LogP contribution in [0.4, 0.5) is 0 Å². The number of rotatable bonds is 0. The maximum Gasteiger partial charge on any atom is 0.208 e. The topological polar surface area (TPSA) is 36.4 Å². The average Bonchev–Trinajstić information content (AvgIpc) is 2.14. The number of allylic oxidation sites excluding steroid dienone is 2. The van der Waals surface area contributed by atoms with Crippen molar-refractivity contribution in [1.29, 1.82) is 0 Å². The molecule has 0 saturated heterocycles. The summed E-state index contributed by atoms with van der Waals surface area (Å²) in [6.45, 7) is 0. The Morgan fingerprint density at radius 2 is 1.86 bits per heavy atom. The Hall–Kier alpha value is -0.660. The molecule has 0 saturated carbocycles. The van der Waals surface area contributed by atoms with Crippen molar-refractivity contribution in [2.24, 2.45) is 0 Å². The molecule has 3 heteroatoms. The highest BCUT2D eigenvalue weighted by Crippen LogP contribution is 1.95. The molecule has 0 aromatic heterocycles. The molecular formula is C4H4N2S. The fourth-order valence-corrected chi connectivity index (χ4v) is 1.05. The molecule has 1 aliphatic rings. The highest BCUT2D eigenvalue weighted by Gasteiger charge is 1.93. The molecule has 1 heterocycles. The van der Waals surface area contributed by atoms with Gasteiger partial charge in [-0.25, -0.2) is 0 Å². The van der Waals surface area contributed by atoms with Gasteiger partial charge in [-0.2, -0.15) is 0 Å². The molecule has 0 aromatic carbocycles. The summed E-state index contributed by atoms with van der Waals surface area (Å²) in [6, 6.07) is 0. The zero-order chi connectivity index (χ0) is 5.11. The van der Waals surface area contributed by atoms with Gasteiger partial charge in [0, 0.05) is 10.8 Å². The van der Waals surface area contributed by atoms with Crippen molar-refractivity contribution in [2.45, 2.75) is 0 Å². The predicted octanol–water partition coefficient (Wildman–Crippen LogP) is 0.918. The van der Waals surface area contributed by atoms with E-state index in [-0.39, 0.29) is 10.7 Å². The van der Waals surface area contributed by atoms with Crippen molar-refractivity contribution in [3.05, 3.63) is 28.5 Å². The number of hydrogen-bond acceptors (Lipinski definition) is 0. The molecule has 0 radical (unpaired) electrons. The molecule has 0 spiro atoms. The molecule has 0 aliphatic carbocycles. The maximum atomic E-state index is 8.10. The minimum atomic E-state index is -0.315. The third-order valence-corrected chi connectivity index (χ3v) is 1.70. The normalized spacial score (nSPS) is 17.7. The quantitative estimate of drug-likeness (QED) is 0.330. The van der Waals surface area contributed by atoms with Crippen molar-refractivity contribution in [1.82, 2.24) is 4.16 Å². The molecular weight excluding hydrogens is 108 g/mol. The smallest absolute Gasteiger partial charge is 0.208 e. The summed E-state index contributed by atoms with van der Waals surface area (Å²) in [5, 5.41) is 3.67. The molecule has 0 atom stereocenters. The SMILES string of the molecule is [N-]=[N+]=S1C=CC=C1. The number of hydrogen-bond donors (Lipinski definition) is 0. The minimum Gasteiger partial charge on any atom is -0.350 e. The molecule has 0 amide bonds. The highest BCUT2D eigenvalue weighted by molar-refractivity contribution is 7.92. The van der Waals surface area contributed by atoms with Gasteiger partial charge in [0.25, 0.3) is 0 Å². The van der Waals surface area contributed by atoms with E-state index in [0.29, 0.717) is 0 Å². The van der Waals surface area contributed by atoms with Crippen LogP contribution in [0.5, 0.6) is 0 Å². The van der Waals surface area contributed by atoms with Crippen LogP contribution in [0.1, 0.15) is 0 Å². The van der Waals surface area contributed by atoms with Crippen LogP contribution >= 0.6 is 0 Å². The maximum absolute atomic E-state index is 8.10. The van der Waals surface area contributed by atoms with E-state index in [0.717, 1.165) is 0 Å². The molecule has 0 fully saturated rings. The van der Waals surface area contributed by atoms with Crippen LogP contribution in [0.25, 0.3) is 5.53 Å². The summed E-state index contributed by atoms with van der Waals surface area (Å²) in [6.07, 6.45) is 3.73. The van der Waals surface area contributed by atoms with Gasteiger partial charge < -0.3 is 5.53 Å². The first kappa shape index (κ1) is 4.50. The van der Waals surface area contributed by atoms with E-state index < -0.39 is 0 Å². The van der Waals surface area contributed by atoms with Gasteiger partial charge in [-0.1, -0.05) is 0 Å². The lowest BCUT2D eigenvalue weighted by molar-refractivity contribution is 1.72. The first-order chi connectivity index (χ1) is 3.43. The van der Waals surface area contributed by atoms with Crippen molar-refractivity contribution < 1.29 is 0 Å². The van der Waals surface area contributed by atoms with Gasteiger partial charge in [0.2, 0.25) is 10.7 Å². The van der Waals surface area contributed by atoms with Gasteiger partial charge in [0.15, 0.2) is 0 Å². The van der Waals surface area contributed by atoms with Gasteiger partial charge in [0.05, 0.1) is 0 Å². The van der Waals surface area contributed by atoms with E-state index >= 15 is 0 Å². The molecule has 0 aromatic rings. The van der Waals surface area contributed by atoms with Crippen LogP contribution in [-0.2, 0) is 10.7 Å². The van der Waals surface area contributed by atoms with Crippen LogP contribution in [0.15, 0.2) is 23.0 Å². The van der Waals surface area contributed by atoms with E-state index in [4.69, 9.17) is 5.53 Å². The Kier molecular flexibility index (Phi) is 1.20. The van der Waals surface area contributed by atoms with Gasteiger partial charge >= 0.3 is 0 Å². The molecule has 36 valence electrons. The molecule has 2 nitrogen and oxygen atoms in total. The van der Waals surface area contributed by atoms with Gasteiger partial charge in [0.1, 0.15) is 0 Å². The number of nitrogens with zero attached hydrogens (tertiary/aromatic N) is 2. The summed E-state index contributed by atoms with van der Waals surface area (Å²) in [7, 11) is -0.315. The van der Waals surface area contributed by atoms with Gasteiger partial charge in [-0.15, -0.1) is 4.16 Å². The van der Waals surface area contributed by atoms with Crippen LogP contribution in [0, 0.1) is 0 Å². The Labute approximate surface area is 44.2 Å². The lowest BCUT2D eigenvalue weighted by Gasteiger charge is -1.61. The van der Waals surface area contributed by atoms with Crippen molar-refractivity contribution in [3.8, 4) is 0 Å². The Morgan fingerprint density at radius 3 is 2.14 bits per heavy atom. The molecule has 0 bridgehead atoms. The molecule has 0 unspecified atom stereocenters. The summed E-state index contributed by atoms with van der Waals surface area (Å²) in [4.78, 5) is 0. The summed E-state index contributed by atoms with van der Waals surface area (Å²) < 4.78 is 3.04. The molecule has 7 heavy (non-hydrogen) atoms. The fraction of sp³-hybridized carbons (Fsp3) is 0. The van der Waals surface area contributed by atoms with Gasteiger partial charge in [-0.3, -0.25) is 0 Å². The third kappa shape index (κ3) is 0.856. The van der Waals surface area contributed by atoms with Crippen molar-refractivity contribution in [3.63, 3.8) is 0 Å². The molecule has 1 aliphatic heterocycles. The predicted molar refractivity (Wildman–Crippen MR) is 31.1 cm³/mol.